The maximum absolute atomic E-state index is 6.21. The molecule has 1 fully saturated rings. The Morgan fingerprint density at radius 2 is 1.62 bits per heavy atom. The molecular formula is C17H22N2O2. The van der Waals surface area contributed by atoms with E-state index < -0.39 is 0 Å². The molecule has 0 spiro atoms. The zero-order chi connectivity index (χ0) is 14.8. The lowest BCUT2D eigenvalue weighted by Gasteiger charge is -2.17. The normalized spacial score (nSPS) is 23.0. The zero-order valence-electron chi connectivity index (χ0n) is 12.6. The van der Waals surface area contributed by atoms with Crippen molar-refractivity contribution in [3.05, 3.63) is 42.0 Å². The van der Waals surface area contributed by atoms with Crippen molar-refractivity contribution in [2.24, 2.45) is 0 Å². The molecule has 2 unspecified atom stereocenters. The Balaban J connectivity index is 1.80. The van der Waals surface area contributed by atoms with Crippen molar-refractivity contribution in [3.63, 3.8) is 0 Å². The number of nitrogens with two attached hydrogens (primary N) is 1. The average molecular weight is 286 g/mol. The van der Waals surface area contributed by atoms with Gasteiger partial charge < -0.3 is 15.2 Å². The van der Waals surface area contributed by atoms with Gasteiger partial charge >= 0.3 is 0 Å². The molecule has 0 radical (unpaired) electrons. The van der Waals surface area contributed by atoms with Gasteiger partial charge in [-0.1, -0.05) is 24.3 Å². The highest BCUT2D eigenvalue weighted by Crippen LogP contribution is 2.25. The number of methoxy groups -OCH3 is 2. The van der Waals surface area contributed by atoms with Crippen LogP contribution in [0.4, 0.5) is 5.69 Å². The Morgan fingerprint density at radius 3 is 2.19 bits per heavy atom. The molecule has 1 aliphatic rings. The first-order valence-electron chi connectivity index (χ1n) is 7.26. The Morgan fingerprint density at radius 1 is 1.05 bits per heavy atom. The molecule has 4 heteroatoms. The summed E-state index contributed by atoms with van der Waals surface area (Å²) in [5.41, 5.74) is 8.23. The van der Waals surface area contributed by atoms with E-state index in [0.717, 1.165) is 25.3 Å². The Bertz CT molecular complexity index is 617. The topological polar surface area (TPSA) is 47.7 Å². The van der Waals surface area contributed by atoms with Gasteiger partial charge in [-0.25, -0.2) is 0 Å². The molecule has 0 saturated carbocycles. The van der Waals surface area contributed by atoms with Gasteiger partial charge in [0.2, 0.25) is 0 Å². The predicted octanol–water partition coefficient (Wildman–Crippen LogP) is 2.27. The SMILES string of the molecule is COC1CN(Cc2cc3ccccc3cc2N)CC1OC. The second kappa shape index (κ2) is 6.02. The monoisotopic (exact) mass is 286 g/mol. The smallest absolute Gasteiger partial charge is 0.0971 e. The van der Waals surface area contributed by atoms with Gasteiger partial charge in [-0.2, -0.15) is 0 Å². The molecule has 0 bridgehead atoms. The van der Waals surface area contributed by atoms with Crippen LogP contribution in [0.3, 0.4) is 0 Å². The number of benzene rings is 2. The van der Waals surface area contributed by atoms with E-state index in [-0.39, 0.29) is 12.2 Å². The molecule has 0 amide bonds. The summed E-state index contributed by atoms with van der Waals surface area (Å²) in [6.07, 6.45) is 0.272. The number of likely N-dealkylation sites (tertiary alicyclic amines) is 1. The molecule has 21 heavy (non-hydrogen) atoms. The molecule has 0 aromatic heterocycles. The van der Waals surface area contributed by atoms with Crippen LogP contribution >= 0.6 is 0 Å². The van der Waals surface area contributed by atoms with Crippen LogP contribution in [0.5, 0.6) is 0 Å². The van der Waals surface area contributed by atoms with E-state index in [2.05, 4.69) is 35.2 Å². The number of hydrogen-bond acceptors (Lipinski definition) is 4. The maximum atomic E-state index is 6.21. The second-order valence-electron chi connectivity index (χ2n) is 5.64. The van der Waals surface area contributed by atoms with Gasteiger partial charge in [0.25, 0.3) is 0 Å². The summed E-state index contributed by atoms with van der Waals surface area (Å²) in [5, 5.41) is 2.41. The Hall–Kier alpha value is -1.62. The van der Waals surface area contributed by atoms with E-state index in [4.69, 9.17) is 15.2 Å². The number of nitrogens with zero attached hydrogens (tertiary/aromatic N) is 1. The minimum atomic E-state index is 0.136. The van der Waals surface area contributed by atoms with Crippen molar-refractivity contribution in [2.75, 3.05) is 33.0 Å². The highest BCUT2D eigenvalue weighted by molar-refractivity contribution is 5.86. The summed E-state index contributed by atoms with van der Waals surface area (Å²) in [6, 6.07) is 12.6. The van der Waals surface area contributed by atoms with Crippen LogP contribution in [0.1, 0.15) is 5.56 Å². The van der Waals surface area contributed by atoms with Gasteiger partial charge in [0.15, 0.2) is 0 Å². The predicted molar refractivity (Wildman–Crippen MR) is 85.2 cm³/mol. The summed E-state index contributed by atoms with van der Waals surface area (Å²) in [7, 11) is 3.48. The fraction of sp³-hybridized carbons (Fsp3) is 0.412. The fourth-order valence-corrected chi connectivity index (χ4v) is 3.08. The number of nitrogen functional groups attached to an aromatic ring is 1. The fourth-order valence-electron chi connectivity index (χ4n) is 3.08. The number of fused-ring (bicyclic) bond motifs is 1. The third-order valence-corrected chi connectivity index (χ3v) is 4.30. The van der Waals surface area contributed by atoms with E-state index in [0.29, 0.717) is 0 Å². The second-order valence-corrected chi connectivity index (χ2v) is 5.64. The number of hydrogen-bond donors (Lipinski definition) is 1. The first-order valence-corrected chi connectivity index (χ1v) is 7.26. The third-order valence-electron chi connectivity index (χ3n) is 4.30. The van der Waals surface area contributed by atoms with Crippen molar-refractivity contribution in [2.45, 2.75) is 18.8 Å². The standard InChI is InChI=1S/C17H22N2O2/c1-20-16-10-19(11-17(16)21-2)9-14-7-12-5-3-4-6-13(12)8-15(14)18/h3-8,16-17H,9-11,18H2,1-2H3. The lowest BCUT2D eigenvalue weighted by molar-refractivity contribution is -0.00461. The van der Waals surface area contributed by atoms with Crippen LogP contribution in [-0.2, 0) is 16.0 Å². The van der Waals surface area contributed by atoms with Gasteiger partial charge in [-0.05, 0) is 28.5 Å². The minimum Gasteiger partial charge on any atom is -0.398 e. The van der Waals surface area contributed by atoms with Crippen LogP contribution < -0.4 is 5.73 Å². The maximum Gasteiger partial charge on any atom is 0.0971 e. The Kier molecular flexibility index (Phi) is 4.10. The van der Waals surface area contributed by atoms with Crippen molar-refractivity contribution in [3.8, 4) is 0 Å². The lowest BCUT2D eigenvalue weighted by Crippen LogP contribution is -2.27. The lowest BCUT2D eigenvalue weighted by atomic mass is 10.0. The molecule has 1 saturated heterocycles. The number of ether oxygens (including phenoxy) is 2. The van der Waals surface area contributed by atoms with E-state index in [1.165, 1.54) is 16.3 Å². The van der Waals surface area contributed by atoms with Crippen molar-refractivity contribution in [1.29, 1.82) is 0 Å². The highest BCUT2D eigenvalue weighted by Gasteiger charge is 2.32. The van der Waals surface area contributed by atoms with E-state index in [1.54, 1.807) is 14.2 Å². The van der Waals surface area contributed by atoms with Crippen molar-refractivity contribution >= 4 is 16.5 Å². The highest BCUT2D eigenvalue weighted by atomic mass is 16.5. The first kappa shape index (κ1) is 14.3. The number of rotatable bonds is 4. The van der Waals surface area contributed by atoms with Gasteiger partial charge in [0, 0.05) is 39.5 Å². The van der Waals surface area contributed by atoms with Crippen LogP contribution in [-0.4, -0.2) is 44.4 Å². The van der Waals surface area contributed by atoms with E-state index in [9.17, 15) is 0 Å². The summed E-state index contributed by atoms with van der Waals surface area (Å²) >= 11 is 0. The number of anilines is 1. The molecule has 2 atom stereocenters. The van der Waals surface area contributed by atoms with E-state index >= 15 is 0 Å². The molecule has 1 aliphatic heterocycles. The summed E-state index contributed by atoms with van der Waals surface area (Å²) in [5.74, 6) is 0. The van der Waals surface area contributed by atoms with Gasteiger partial charge in [0.1, 0.15) is 0 Å². The average Bonchev–Trinajstić information content (AvgIpc) is 2.90. The molecule has 1 heterocycles. The van der Waals surface area contributed by atoms with E-state index in [1.807, 2.05) is 6.07 Å². The molecular weight excluding hydrogens is 264 g/mol. The van der Waals surface area contributed by atoms with Crippen LogP contribution in [0.25, 0.3) is 10.8 Å². The molecule has 112 valence electrons. The molecule has 3 rings (SSSR count). The van der Waals surface area contributed by atoms with Gasteiger partial charge in [0.05, 0.1) is 12.2 Å². The molecule has 2 N–H and O–H groups in total. The molecule has 4 nitrogen and oxygen atoms in total. The molecule has 2 aromatic rings. The van der Waals surface area contributed by atoms with Gasteiger partial charge in [-0.15, -0.1) is 0 Å². The summed E-state index contributed by atoms with van der Waals surface area (Å²) in [4.78, 5) is 2.34. The summed E-state index contributed by atoms with van der Waals surface area (Å²) < 4.78 is 11.0. The summed E-state index contributed by atoms with van der Waals surface area (Å²) in [6.45, 7) is 2.58. The quantitative estimate of drug-likeness (QED) is 0.876. The first-order chi connectivity index (χ1) is 10.2. The third kappa shape index (κ3) is 2.88. The molecule has 0 aliphatic carbocycles. The minimum absolute atomic E-state index is 0.136. The zero-order valence-corrected chi connectivity index (χ0v) is 12.6. The van der Waals surface area contributed by atoms with Crippen LogP contribution in [0.2, 0.25) is 0 Å². The van der Waals surface area contributed by atoms with Crippen molar-refractivity contribution in [1.82, 2.24) is 4.90 Å². The van der Waals surface area contributed by atoms with Gasteiger partial charge in [-0.3, -0.25) is 4.90 Å². The van der Waals surface area contributed by atoms with Crippen molar-refractivity contribution < 1.29 is 9.47 Å². The Labute approximate surface area is 125 Å². The van der Waals surface area contributed by atoms with Crippen LogP contribution in [0, 0.1) is 0 Å². The van der Waals surface area contributed by atoms with Crippen LogP contribution in [0.15, 0.2) is 36.4 Å². The molecule has 2 aromatic carbocycles. The largest absolute Gasteiger partial charge is 0.398 e.